The van der Waals surface area contributed by atoms with E-state index in [1.807, 2.05) is 55.5 Å². The molecule has 0 spiro atoms. The molecule has 2 aromatic carbocycles. The van der Waals surface area contributed by atoms with Crippen LogP contribution in [0.2, 0.25) is 0 Å². The van der Waals surface area contributed by atoms with Crippen LogP contribution < -0.4 is 5.32 Å². The SMILES string of the molecule is CC(C)c1ccc(/C=C/C(=O)N[C@@H](C)c2ccccc2)cc1. The summed E-state index contributed by atoms with van der Waals surface area (Å²) in [5.74, 6) is 0.442. The number of carbonyl (C=O) groups excluding carboxylic acids is 1. The summed E-state index contributed by atoms with van der Waals surface area (Å²) in [6, 6.07) is 18.2. The highest BCUT2D eigenvalue weighted by Crippen LogP contribution is 2.15. The van der Waals surface area contributed by atoms with Crippen LogP contribution in [0, 0.1) is 0 Å². The van der Waals surface area contributed by atoms with Crippen molar-refractivity contribution in [3.63, 3.8) is 0 Å². The molecule has 0 saturated carbocycles. The van der Waals surface area contributed by atoms with Gasteiger partial charge in [-0.3, -0.25) is 4.79 Å². The molecule has 0 heterocycles. The first-order valence-corrected chi connectivity index (χ1v) is 7.69. The Kier molecular flexibility index (Phi) is 5.54. The van der Waals surface area contributed by atoms with Crippen molar-refractivity contribution in [3.05, 3.63) is 77.4 Å². The number of hydrogen-bond donors (Lipinski definition) is 1. The van der Waals surface area contributed by atoms with E-state index in [9.17, 15) is 4.79 Å². The van der Waals surface area contributed by atoms with Crippen molar-refractivity contribution in [3.8, 4) is 0 Å². The fourth-order valence-corrected chi connectivity index (χ4v) is 2.25. The van der Waals surface area contributed by atoms with E-state index in [1.54, 1.807) is 6.08 Å². The lowest BCUT2D eigenvalue weighted by atomic mass is 10.0. The second kappa shape index (κ2) is 7.60. The lowest BCUT2D eigenvalue weighted by Crippen LogP contribution is -2.24. The van der Waals surface area contributed by atoms with Crippen molar-refractivity contribution in [2.24, 2.45) is 0 Å². The normalized spacial score (nSPS) is 12.5. The molecule has 0 fully saturated rings. The number of benzene rings is 2. The van der Waals surface area contributed by atoms with Gasteiger partial charge in [0.1, 0.15) is 0 Å². The monoisotopic (exact) mass is 293 g/mol. The Morgan fingerprint density at radius 2 is 1.55 bits per heavy atom. The van der Waals surface area contributed by atoms with Gasteiger partial charge < -0.3 is 5.32 Å². The summed E-state index contributed by atoms with van der Waals surface area (Å²) < 4.78 is 0. The van der Waals surface area contributed by atoms with Crippen molar-refractivity contribution in [2.45, 2.75) is 32.7 Å². The van der Waals surface area contributed by atoms with Gasteiger partial charge in [-0.05, 0) is 35.6 Å². The minimum atomic E-state index is -0.0794. The Bertz CT molecular complexity index is 627. The number of nitrogens with one attached hydrogen (secondary N) is 1. The summed E-state index contributed by atoms with van der Waals surface area (Å²) in [4.78, 5) is 12.0. The number of amides is 1. The Hall–Kier alpha value is -2.35. The summed E-state index contributed by atoms with van der Waals surface area (Å²) in [6.07, 6.45) is 3.43. The molecule has 1 atom stereocenters. The zero-order valence-corrected chi connectivity index (χ0v) is 13.4. The van der Waals surface area contributed by atoms with Gasteiger partial charge in [-0.2, -0.15) is 0 Å². The van der Waals surface area contributed by atoms with Gasteiger partial charge in [-0.15, -0.1) is 0 Å². The van der Waals surface area contributed by atoms with Crippen LogP contribution in [0.3, 0.4) is 0 Å². The second-order valence-electron chi connectivity index (χ2n) is 5.80. The smallest absolute Gasteiger partial charge is 0.244 e. The van der Waals surface area contributed by atoms with Crippen LogP contribution in [0.15, 0.2) is 60.7 Å². The number of carbonyl (C=O) groups is 1. The van der Waals surface area contributed by atoms with E-state index < -0.39 is 0 Å². The third-order valence-electron chi connectivity index (χ3n) is 3.69. The molecule has 2 aromatic rings. The summed E-state index contributed by atoms with van der Waals surface area (Å²) >= 11 is 0. The van der Waals surface area contributed by atoms with E-state index in [1.165, 1.54) is 5.56 Å². The molecule has 114 valence electrons. The van der Waals surface area contributed by atoms with E-state index in [-0.39, 0.29) is 11.9 Å². The summed E-state index contributed by atoms with van der Waals surface area (Å²) in [5, 5.41) is 2.97. The van der Waals surface area contributed by atoms with E-state index in [2.05, 4.69) is 31.3 Å². The van der Waals surface area contributed by atoms with Crippen molar-refractivity contribution in [1.29, 1.82) is 0 Å². The van der Waals surface area contributed by atoms with Crippen LogP contribution in [-0.2, 0) is 4.79 Å². The van der Waals surface area contributed by atoms with Crippen LogP contribution in [0.25, 0.3) is 6.08 Å². The average Bonchev–Trinajstić information content (AvgIpc) is 2.54. The maximum Gasteiger partial charge on any atom is 0.244 e. The molecule has 2 heteroatoms. The first-order chi connectivity index (χ1) is 10.6. The average molecular weight is 293 g/mol. The molecule has 0 aliphatic carbocycles. The predicted molar refractivity (Wildman–Crippen MR) is 92.6 cm³/mol. The molecule has 22 heavy (non-hydrogen) atoms. The zero-order chi connectivity index (χ0) is 15.9. The standard InChI is InChI=1S/C20H23NO/c1-15(2)18-12-9-17(10-13-18)11-14-20(22)21-16(3)19-7-5-4-6-8-19/h4-16H,1-3H3,(H,21,22)/b14-11+/t16-/m0/s1. The van der Waals surface area contributed by atoms with E-state index >= 15 is 0 Å². The topological polar surface area (TPSA) is 29.1 Å². The quantitative estimate of drug-likeness (QED) is 0.795. The molecule has 0 aromatic heterocycles. The van der Waals surface area contributed by atoms with Gasteiger partial charge in [0.15, 0.2) is 0 Å². The third-order valence-corrected chi connectivity index (χ3v) is 3.69. The van der Waals surface area contributed by atoms with Gasteiger partial charge in [0.2, 0.25) is 5.91 Å². The van der Waals surface area contributed by atoms with Gasteiger partial charge in [0.25, 0.3) is 0 Å². The predicted octanol–water partition coefficient (Wildman–Crippen LogP) is 4.70. The second-order valence-corrected chi connectivity index (χ2v) is 5.80. The molecule has 0 radical (unpaired) electrons. The lowest BCUT2D eigenvalue weighted by molar-refractivity contribution is -0.117. The molecular weight excluding hydrogens is 270 g/mol. The van der Waals surface area contributed by atoms with Gasteiger partial charge in [-0.1, -0.05) is 68.4 Å². The first-order valence-electron chi connectivity index (χ1n) is 7.69. The van der Waals surface area contributed by atoms with Crippen LogP contribution in [-0.4, -0.2) is 5.91 Å². The molecule has 1 amide bonds. The van der Waals surface area contributed by atoms with E-state index in [0.29, 0.717) is 5.92 Å². The van der Waals surface area contributed by atoms with Crippen molar-refractivity contribution in [1.82, 2.24) is 5.32 Å². The summed E-state index contributed by atoms with van der Waals surface area (Å²) in [7, 11) is 0. The maximum atomic E-state index is 12.0. The molecule has 0 aliphatic rings. The van der Waals surface area contributed by atoms with Gasteiger partial charge >= 0.3 is 0 Å². The largest absolute Gasteiger partial charge is 0.346 e. The molecule has 2 rings (SSSR count). The first kappa shape index (κ1) is 16.0. The minimum Gasteiger partial charge on any atom is -0.346 e. The zero-order valence-electron chi connectivity index (χ0n) is 13.4. The van der Waals surface area contributed by atoms with Crippen molar-refractivity contribution < 1.29 is 4.79 Å². The van der Waals surface area contributed by atoms with Gasteiger partial charge in [0, 0.05) is 6.08 Å². The Morgan fingerprint density at radius 3 is 2.14 bits per heavy atom. The molecule has 1 N–H and O–H groups in total. The highest BCUT2D eigenvalue weighted by atomic mass is 16.1. The molecule has 2 nitrogen and oxygen atoms in total. The lowest BCUT2D eigenvalue weighted by Gasteiger charge is -2.12. The van der Waals surface area contributed by atoms with Gasteiger partial charge in [-0.25, -0.2) is 0 Å². The molecule has 0 unspecified atom stereocenters. The van der Waals surface area contributed by atoms with E-state index in [0.717, 1.165) is 11.1 Å². The fourth-order valence-electron chi connectivity index (χ4n) is 2.25. The molecule has 0 saturated heterocycles. The van der Waals surface area contributed by atoms with Crippen molar-refractivity contribution >= 4 is 12.0 Å². The molecule has 0 bridgehead atoms. The number of hydrogen-bond acceptors (Lipinski definition) is 1. The van der Waals surface area contributed by atoms with Crippen molar-refractivity contribution in [2.75, 3.05) is 0 Å². The Morgan fingerprint density at radius 1 is 0.909 bits per heavy atom. The van der Waals surface area contributed by atoms with Crippen LogP contribution >= 0.6 is 0 Å². The minimum absolute atomic E-state index is 0.00154. The Labute approximate surface area is 132 Å². The van der Waals surface area contributed by atoms with Crippen LogP contribution in [0.5, 0.6) is 0 Å². The summed E-state index contributed by atoms with van der Waals surface area (Å²) in [6.45, 7) is 6.32. The maximum absolute atomic E-state index is 12.0. The Balaban J connectivity index is 1.93. The van der Waals surface area contributed by atoms with Crippen LogP contribution in [0.1, 0.15) is 49.4 Å². The summed E-state index contributed by atoms with van der Waals surface area (Å²) in [5.41, 5.74) is 3.44. The third kappa shape index (κ3) is 4.59. The number of rotatable bonds is 5. The van der Waals surface area contributed by atoms with Gasteiger partial charge in [0.05, 0.1) is 6.04 Å². The molecule has 0 aliphatic heterocycles. The fraction of sp³-hybridized carbons (Fsp3) is 0.250. The van der Waals surface area contributed by atoms with Crippen LogP contribution in [0.4, 0.5) is 0 Å². The highest BCUT2D eigenvalue weighted by molar-refractivity contribution is 5.91. The van der Waals surface area contributed by atoms with E-state index in [4.69, 9.17) is 0 Å². The molecular formula is C20H23NO. The highest BCUT2D eigenvalue weighted by Gasteiger charge is 2.06.